The summed E-state index contributed by atoms with van der Waals surface area (Å²) in [6.07, 6.45) is 1.23. The van der Waals surface area contributed by atoms with E-state index in [0.29, 0.717) is 17.8 Å². The molecule has 19 heavy (non-hydrogen) atoms. The van der Waals surface area contributed by atoms with Crippen molar-refractivity contribution in [2.45, 2.75) is 31.6 Å². The SMILES string of the molecule is Cc1ccc(C(=O)NCCNC2CCSC2C)cc1. The Hall–Kier alpha value is -1.00. The van der Waals surface area contributed by atoms with Crippen molar-refractivity contribution in [3.05, 3.63) is 35.4 Å². The summed E-state index contributed by atoms with van der Waals surface area (Å²) < 4.78 is 0. The first-order chi connectivity index (χ1) is 9.16. The highest BCUT2D eigenvalue weighted by Crippen LogP contribution is 2.25. The van der Waals surface area contributed by atoms with E-state index in [1.54, 1.807) is 0 Å². The fraction of sp³-hybridized carbons (Fsp3) is 0.533. The minimum Gasteiger partial charge on any atom is -0.351 e. The van der Waals surface area contributed by atoms with Crippen LogP contribution in [0.25, 0.3) is 0 Å². The quantitative estimate of drug-likeness (QED) is 0.811. The zero-order valence-corrected chi connectivity index (χ0v) is 12.4. The van der Waals surface area contributed by atoms with E-state index in [1.165, 1.54) is 17.7 Å². The number of hydrogen-bond donors (Lipinski definition) is 2. The van der Waals surface area contributed by atoms with Gasteiger partial charge in [0.15, 0.2) is 0 Å². The molecular weight excluding hydrogens is 256 g/mol. The van der Waals surface area contributed by atoms with Crippen LogP contribution in [0.3, 0.4) is 0 Å². The van der Waals surface area contributed by atoms with Crippen LogP contribution in [0, 0.1) is 6.92 Å². The van der Waals surface area contributed by atoms with E-state index in [0.717, 1.165) is 12.1 Å². The maximum atomic E-state index is 11.9. The third-order valence-corrected chi connectivity index (χ3v) is 4.83. The molecule has 1 amide bonds. The number of benzene rings is 1. The minimum absolute atomic E-state index is 0.00986. The van der Waals surface area contributed by atoms with Gasteiger partial charge in [0.1, 0.15) is 0 Å². The summed E-state index contributed by atoms with van der Waals surface area (Å²) in [5.74, 6) is 1.25. The zero-order valence-electron chi connectivity index (χ0n) is 11.6. The molecule has 104 valence electrons. The highest BCUT2D eigenvalue weighted by Gasteiger charge is 2.22. The lowest BCUT2D eigenvalue weighted by Gasteiger charge is -2.16. The molecule has 2 N–H and O–H groups in total. The normalized spacial score (nSPS) is 22.4. The summed E-state index contributed by atoms with van der Waals surface area (Å²) in [4.78, 5) is 11.9. The van der Waals surface area contributed by atoms with Crippen molar-refractivity contribution in [2.75, 3.05) is 18.8 Å². The van der Waals surface area contributed by atoms with Crippen molar-refractivity contribution in [3.63, 3.8) is 0 Å². The molecule has 0 radical (unpaired) electrons. The lowest BCUT2D eigenvalue weighted by molar-refractivity contribution is 0.0953. The Morgan fingerprint density at radius 1 is 1.32 bits per heavy atom. The molecule has 0 bridgehead atoms. The molecule has 0 spiro atoms. The molecule has 4 heteroatoms. The number of hydrogen-bond acceptors (Lipinski definition) is 3. The second-order valence-electron chi connectivity index (χ2n) is 5.05. The summed E-state index contributed by atoms with van der Waals surface area (Å²) in [6, 6.07) is 8.26. The second kappa shape index (κ2) is 6.96. The Morgan fingerprint density at radius 3 is 2.68 bits per heavy atom. The highest BCUT2D eigenvalue weighted by molar-refractivity contribution is 8.00. The van der Waals surface area contributed by atoms with Gasteiger partial charge < -0.3 is 10.6 Å². The smallest absolute Gasteiger partial charge is 0.251 e. The summed E-state index contributed by atoms with van der Waals surface area (Å²) in [6.45, 7) is 5.81. The Bertz CT molecular complexity index is 419. The van der Waals surface area contributed by atoms with Crippen LogP contribution in [-0.4, -0.2) is 36.0 Å². The fourth-order valence-corrected chi connectivity index (χ4v) is 3.47. The summed E-state index contributed by atoms with van der Waals surface area (Å²) >= 11 is 2.02. The Kier molecular flexibility index (Phi) is 5.28. The molecule has 1 aliphatic heterocycles. The molecule has 2 rings (SSSR count). The van der Waals surface area contributed by atoms with E-state index in [1.807, 2.05) is 43.0 Å². The number of nitrogens with one attached hydrogen (secondary N) is 2. The first-order valence-corrected chi connectivity index (χ1v) is 7.91. The van der Waals surface area contributed by atoms with E-state index in [2.05, 4.69) is 17.6 Å². The molecule has 1 aliphatic rings. The average molecular weight is 278 g/mol. The van der Waals surface area contributed by atoms with Crippen molar-refractivity contribution >= 4 is 17.7 Å². The molecule has 1 aromatic carbocycles. The molecule has 0 saturated carbocycles. The van der Waals surface area contributed by atoms with Crippen LogP contribution in [-0.2, 0) is 0 Å². The van der Waals surface area contributed by atoms with Gasteiger partial charge in [-0.3, -0.25) is 4.79 Å². The summed E-state index contributed by atoms with van der Waals surface area (Å²) in [5.41, 5.74) is 1.90. The topological polar surface area (TPSA) is 41.1 Å². The summed E-state index contributed by atoms with van der Waals surface area (Å²) in [7, 11) is 0. The maximum Gasteiger partial charge on any atom is 0.251 e. The van der Waals surface area contributed by atoms with Crippen molar-refractivity contribution in [3.8, 4) is 0 Å². The molecule has 0 aromatic heterocycles. The van der Waals surface area contributed by atoms with Gasteiger partial charge in [-0.25, -0.2) is 0 Å². The molecule has 1 heterocycles. The van der Waals surface area contributed by atoms with Gasteiger partial charge in [0, 0.05) is 29.9 Å². The van der Waals surface area contributed by atoms with Crippen molar-refractivity contribution in [2.24, 2.45) is 0 Å². The predicted octanol–water partition coefficient (Wildman–Crippen LogP) is 2.21. The fourth-order valence-electron chi connectivity index (χ4n) is 2.24. The molecular formula is C15H22N2OS. The Labute approximate surface area is 119 Å². The molecule has 1 aromatic rings. The van der Waals surface area contributed by atoms with E-state index >= 15 is 0 Å². The van der Waals surface area contributed by atoms with Crippen LogP contribution in [0.15, 0.2) is 24.3 Å². The van der Waals surface area contributed by atoms with E-state index in [9.17, 15) is 4.79 Å². The number of rotatable bonds is 5. The van der Waals surface area contributed by atoms with Gasteiger partial charge in [-0.2, -0.15) is 11.8 Å². The minimum atomic E-state index is 0.00986. The van der Waals surface area contributed by atoms with E-state index in [-0.39, 0.29) is 5.91 Å². The van der Waals surface area contributed by atoms with E-state index in [4.69, 9.17) is 0 Å². The third-order valence-electron chi connectivity index (χ3n) is 3.51. The standard InChI is InChI=1S/C15H22N2OS/c1-11-3-5-13(6-4-11)15(18)17-9-8-16-14-7-10-19-12(14)2/h3-6,12,14,16H,7-10H2,1-2H3,(H,17,18). The van der Waals surface area contributed by atoms with Crippen molar-refractivity contribution < 1.29 is 4.79 Å². The molecule has 1 fully saturated rings. The number of carbonyl (C=O) groups excluding carboxylic acids is 1. The lowest BCUT2D eigenvalue weighted by atomic mass is 10.1. The molecule has 0 aliphatic carbocycles. The van der Waals surface area contributed by atoms with Crippen LogP contribution >= 0.6 is 11.8 Å². The first kappa shape index (κ1) is 14.4. The third kappa shape index (κ3) is 4.25. The number of amides is 1. The van der Waals surface area contributed by atoms with E-state index < -0.39 is 0 Å². The summed E-state index contributed by atoms with van der Waals surface area (Å²) in [5, 5.41) is 7.15. The van der Waals surface area contributed by atoms with Gasteiger partial charge in [-0.15, -0.1) is 0 Å². The van der Waals surface area contributed by atoms with Gasteiger partial charge in [-0.1, -0.05) is 24.6 Å². The molecule has 2 unspecified atom stereocenters. The molecule has 3 nitrogen and oxygen atoms in total. The Morgan fingerprint density at radius 2 is 2.05 bits per heavy atom. The molecule has 1 saturated heterocycles. The van der Waals surface area contributed by atoms with Crippen LogP contribution < -0.4 is 10.6 Å². The largest absolute Gasteiger partial charge is 0.351 e. The number of aryl methyl sites for hydroxylation is 1. The lowest BCUT2D eigenvalue weighted by Crippen LogP contribution is -2.39. The Balaban J connectivity index is 1.68. The van der Waals surface area contributed by atoms with Crippen LogP contribution in [0.2, 0.25) is 0 Å². The van der Waals surface area contributed by atoms with Gasteiger partial charge in [0.05, 0.1) is 0 Å². The van der Waals surface area contributed by atoms with Crippen LogP contribution in [0.1, 0.15) is 29.3 Å². The number of carbonyl (C=O) groups is 1. The van der Waals surface area contributed by atoms with Gasteiger partial charge in [0.2, 0.25) is 0 Å². The highest BCUT2D eigenvalue weighted by atomic mass is 32.2. The molecule has 2 atom stereocenters. The van der Waals surface area contributed by atoms with Crippen molar-refractivity contribution in [1.29, 1.82) is 0 Å². The van der Waals surface area contributed by atoms with Gasteiger partial charge in [-0.05, 0) is 31.2 Å². The zero-order chi connectivity index (χ0) is 13.7. The number of thioether (sulfide) groups is 1. The second-order valence-corrected chi connectivity index (χ2v) is 6.53. The predicted molar refractivity (Wildman–Crippen MR) is 81.8 cm³/mol. The van der Waals surface area contributed by atoms with Crippen molar-refractivity contribution in [1.82, 2.24) is 10.6 Å². The van der Waals surface area contributed by atoms with Gasteiger partial charge in [0.25, 0.3) is 5.91 Å². The average Bonchev–Trinajstić information content (AvgIpc) is 2.81. The monoisotopic (exact) mass is 278 g/mol. The maximum absolute atomic E-state index is 11.9. The van der Waals surface area contributed by atoms with Crippen LogP contribution in [0.4, 0.5) is 0 Å². The van der Waals surface area contributed by atoms with Gasteiger partial charge >= 0.3 is 0 Å². The first-order valence-electron chi connectivity index (χ1n) is 6.86. The van der Waals surface area contributed by atoms with Crippen LogP contribution in [0.5, 0.6) is 0 Å².